The van der Waals surface area contributed by atoms with Crippen molar-refractivity contribution in [1.29, 1.82) is 5.26 Å². The number of nitriles is 1. The molecule has 8 heteroatoms. The third-order valence-electron chi connectivity index (χ3n) is 5.06. The molecule has 1 aromatic carbocycles. The first-order chi connectivity index (χ1) is 14.9. The Morgan fingerprint density at radius 1 is 1.29 bits per heavy atom. The van der Waals surface area contributed by atoms with Crippen molar-refractivity contribution >= 4 is 11.7 Å². The van der Waals surface area contributed by atoms with Gasteiger partial charge in [0.25, 0.3) is 0 Å². The third kappa shape index (κ3) is 5.53. The fourth-order valence-corrected chi connectivity index (χ4v) is 3.23. The molecule has 0 atom stereocenters. The summed E-state index contributed by atoms with van der Waals surface area (Å²) in [5, 5.41) is 12.5. The summed E-state index contributed by atoms with van der Waals surface area (Å²) < 4.78 is 25.8. The van der Waals surface area contributed by atoms with Crippen molar-refractivity contribution in [2.45, 2.75) is 20.4 Å². The van der Waals surface area contributed by atoms with E-state index >= 15 is 0 Å². The highest BCUT2D eigenvalue weighted by molar-refractivity contribution is 5.93. The van der Waals surface area contributed by atoms with Crippen LogP contribution < -0.4 is 10.1 Å². The zero-order valence-corrected chi connectivity index (χ0v) is 17.8. The van der Waals surface area contributed by atoms with Crippen molar-refractivity contribution in [3.8, 4) is 11.8 Å². The molecule has 0 radical (unpaired) electrons. The Morgan fingerprint density at radius 3 is 2.68 bits per heavy atom. The highest BCUT2D eigenvalue weighted by Crippen LogP contribution is 2.27. The van der Waals surface area contributed by atoms with Gasteiger partial charge in [0.1, 0.15) is 35.8 Å². The molecule has 3 aromatic rings. The Bertz CT molecular complexity index is 1070. The summed E-state index contributed by atoms with van der Waals surface area (Å²) in [4.78, 5) is 14.5. The molecule has 0 saturated heterocycles. The number of carbonyl (C=O) groups excluding carboxylic acids is 1. The monoisotopic (exact) mass is 424 g/mol. The molecule has 162 valence electrons. The van der Waals surface area contributed by atoms with Gasteiger partial charge in [-0.3, -0.25) is 9.69 Å². The molecular weight excluding hydrogens is 399 g/mol. The Morgan fingerprint density at radius 2 is 2.03 bits per heavy atom. The van der Waals surface area contributed by atoms with E-state index in [4.69, 9.17) is 9.15 Å². The molecule has 0 bridgehead atoms. The van der Waals surface area contributed by atoms with Crippen LogP contribution >= 0.6 is 0 Å². The van der Waals surface area contributed by atoms with E-state index < -0.39 is 0 Å². The molecule has 0 aliphatic carbocycles. The lowest BCUT2D eigenvalue weighted by Crippen LogP contribution is -2.33. The maximum atomic E-state index is 12.9. The minimum atomic E-state index is -0.319. The van der Waals surface area contributed by atoms with Crippen LogP contribution in [0.4, 0.5) is 10.2 Å². The van der Waals surface area contributed by atoms with E-state index in [9.17, 15) is 14.4 Å². The zero-order chi connectivity index (χ0) is 22.4. The number of hydrogen-bond acceptors (Lipinski definition) is 5. The van der Waals surface area contributed by atoms with E-state index in [1.165, 1.54) is 12.1 Å². The van der Waals surface area contributed by atoms with Gasteiger partial charge in [-0.25, -0.2) is 4.39 Å². The van der Waals surface area contributed by atoms with Gasteiger partial charge in [-0.2, -0.15) is 5.26 Å². The van der Waals surface area contributed by atoms with Gasteiger partial charge < -0.3 is 19.0 Å². The normalized spacial score (nSPS) is 10.8. The topological polar surface area (TPSA) is 83.4 Å². The number of amides is 1. The lowest BCUT2D eigenvalue weighted by atomic mass is 10.2. The Labute approximate surface area is 180 Å². The summed E-state index contributed by atoms with van der Waals surface area (Å²) in [5.41, 5.74) is 2.16. The SMILES string of the molecule is Cc1c(C#N)c(NC(=O)CN(C)CCOc2ccc(F)cc2)n(Cc2ccco2)c1C. The standard InChI is InChI=1S/C23H25FN4O3/c1-16-17(2)28(14-20-5-4-11-30-20)23(21(16)13-25)26-22(29)15-27(3)10-12-31-19-8-6-18(24)7-9-19/h4-9,11H,10,12,14-15H2,1-3H3,(H,26,29). The van der Waals surface area contributed by atoms with Gasteiger partial charge in [-0.15, -0.1) is 0 Å². The van der Waals surface area contributed by atoms with Crippen molar-refractivity contribution in [2.24, 2.45) is 0 Å². The zero-order valence-electron chi connectivity index (χ0n) is 17.8. The molecule has 0 spiro atoms. The number of likely N-dealkylation sites (N-methyl/N-ethyl adjacent to an activating group) is 1. The lowest BCUT2D eigenvalue weighted by Gasteiger charge is -2.17. The van der Waals surface area contributed by atoms with E-state index in [0.717, 1.165) is 17.0 Å². The molecule has 3 rings (SSSR count). The van der Waals surface area contributed by atoms with Gasteiger partial charge in [-0.1, -0.05) is 0 Å². The predicted octanol–water partition coefficient (Wildman–Crippen LogP) is 3.71. The van der Waals surface area contributed by atoms with Crippen molar-refractivity contribution in [2.75, 3.05) is 32.1 Å². The number of halogens is 1. The molecule has 7 nitrogen and oxygen atoms in total. The Hall–Kier alpha value is -3.57. The molecule has 31 heavy (non-hydrogen) atoms. The van der Waals surface area contributed by atoms with Gasteiger partial charge in [0.05, 0.1) is 24.9 Å². The summed E-state index contributed by atoms with van der Waals surface area (Å²) in [6, 6.07) is 11.6. The van der Waals surface area contributed by atoms with Crippen LogP contribution in [0.2, 0.25) is 0 Å². The number of furan rings is 1. The average molecular weight is 424 g/mol. The summed E-state index contributed by atoms with van der Waals surface area (Å²) in [6.45, 7) is 5.17. The van der Waals surface area contributed by atoms with Crippen LogP contribution in [0, 0.1) is 31.0 Å². The number of anilines is 1. The first-order valence-electron chi connectivity index (χ1n) is 9.88. The molecule has 0 aliphatic heterocycles. The largest absolute Gasteiger partial charge is 0.492 e. The maximum Gasteiger partial charge on any atom is 0.239 e. The minimum absolute atomic E-state index is 0.127. The molecule has 0 aliphatic rings. The van der Waals surface area contributed by atoms with Gasteiger partial charge >= 0.3 is 0 Å². The number of nitrogens with zero attached hydrogens (tertiary/aromatic N) is 3. The van der Waals surface area contributed by atoms with Crippen LogP contribution in [0.25, 0.3) is 0 Å². The quantitative estimate of drug-likeness (QED) is 0.566. The van der Waals surface area contributed by atoms with Crippen LogP contribution in [-0.4, -0.2) is 42.1 Å². The molecule has 1 amide bonds. The smallest absolute Gasteiger partial charge is 0.239 e. The predicted molar refractivity (Wildman–Crippen MR) is 114 cm³/mol. The van der Waals surface area contributed by atoms with Crippen molar-refractivity contribution in [3.05, 3.63) is 71.1 Å². The number of carbonyl (C=O) groups is 1. The van der Waals surface area contributed by atoms with Crippen LogP contribution in [0.3, 0.4) is 0 Å². The molecular formula is C23H25FN4O3. The first-order valence-corrected chi connectivity index (χ1v) is 9.88. The van der Waals surface area contributed by atoms with Crippen LogP contribution in [-0.2, 0) is 11.3 Å². The fraction of sp³-hybridized carbons (Fsp3) is 0.304. The third-order valence-corrected chi connectivity index (χ3v) is 5.06. The summed E-state index contributed by atoms with van der Waals surface area (Å²) in [7, 11) is 1.80. The van der Waals surface area contributed by atoms with E-state index in [1.807, 2.05) is 29.4 Å². The Kier molecular flexibility index (Phi) is 7.11. The molecule has 0 unspecified atom stereocenters. The molecule has 0 saturated carbocycles. The number of aromatic nitrogens is 1. The number of rotatable bonds is 9. The lowest BCUT2D eigenvalue weighted by molar-refractivity contribution is -0.117. The molecule has 1 N–H and O–H groups in total. The van der Waals surface area contributed by atoms with Gasteiger partial charge in [0.15, 0.2) is 0 Å². The number of ether oxygens (including phenoxy) is 1. The molecule has 2 aromatic heterocycles. The fourth-order valence-electron chi connectivity index (χ4n) is 3.23. The average Bonchev–Trinajstić information content (AvgIpc) is 3.32. The van der Waals surface area contributed by atoms with E-state index in [2.05, 4.69) is 11.4 Å². The summed E-state index contributed by atoms with van der Waals surface area (Å²) in [6.07, 6.45) is 1.59. The number of nitrogens with one attached hydrogen (secondary N) is 1. The number of hydrogen-bond donors (Lipinski definition) is 1. The van der Waals surface area contributed by atoms with E-state index in [0.29, 0.717) is 36.8 Å². The van der Waals surface area contributed by atoms with Crippen molar-refractivity contribution < 1.29 is 18.3 Å². The van der Waals surface area contributed by atoms with Gasteiger partial charge in [-0.05, 0) is 62.9 Å². The van der Waals surface area contributed by atoms with E-state index in [-0.39, 0.29) is 18.3 Å². The van der Waals surface area contributed by atoms with Crippen molar-refractivity contribution in [1.82, 2.24) is 9.47 Å². The Balaban J connectivity index is 1.60. The minimum Gasteiger partial charge on any atom is -0.492 e. The molecule has 2 heterocycles. The van der Waals surface area contributed by atoms with Gasteiger partial charge in [0, 0.05) is 12.2 Å². The van der Waals surface area contributed by atoms with Crippen LogP contribution in [0.1, 0.15) is 22.6 Å². The maximum absolute atomic E-state index is 12.9. The van der Waals surface area contributed by atoms with Crippen LogP contribution in [0.5, 0.6) is 5.75 Å². The second kappa shape index (κ2) is 9.96. The van der Waals surface area contributed by atoms with E-state index in [1.54, 1.807) is 31.5 Å². The first kappa shape index (κ1) is 22.1. The highest BCUT2D eigenvalue weighted by atomic mass is 19.1. The second-order valence-electron chi connectivity index (χ2n) is 7.30. The van der Waals surface area contributed by atoms with Crippen molar-refractivity contribution in [3.63, 3.8) is 0 Å². The molecule has 0 fully saturated rings. The van der Waals surface area contributed by atoms with Crippen LogP contribution in [0.15, 0.2) is 47.1 Å². The number of benzene rings is 1. The highest BCUT2D eigenvalue weighted by Gasteiger charge is 2.20. The summed E-state index contributed by atoms with van der Waals surface area (Å²) >= 11 is 0. The summed E-state index contributed by atoms with van der Waals surface area (Å²) in [5.74, 6) is 1.21. The second-order valence-corrected chi connectivity index (χ2v) is 7.30. The van der Waals surface area contributed by atoms with Gasteiger partial charge in [0.2, 0.25) is 5.91 Å².